The number of urea groups is 1. The zero-order chi connectivity index (χ0) is 12.5. The molecule has 4 nitrogen and oxygen atoms in total. The molecular formula is C13H26N2O2. The molecule has 1 fully saturated rings. The van der Waals surface area contributed by atoms with Gasteiger partial charge in [-0.3, -0.25) is 0 Å². The fourth-order valence-corrected chi connectivity index (χ4v) is 2.29. The molecule has 1 saturated carbocycles. The van der Waals surface area contributed by atoms with Gasteiger partial charge in [0.1, 0.15) is 0 Å². The minimum atomic E-state index is -0.128. The Morgan fingerprint density at radius 3 is 2.35 bits per heavy atom. The summed E-state index contributed by atoms with van der Waals surface area (Å²) in [5, 5.41) is 14.8. The van der Waals surface area contributed by atoms with Crippen LogP contribution in [0.2, 0.25) is 0 Å². The van der Waals surface area contributed by atoms with Gasteiger partial charge < -0.3 is 15.7 Å². The molecule has 1 aliphatic carbocycles. The Balaban J connectivity index is 2.27. The topological polar surface area (TPSA) is 61.4 Å². The molecule has 0 aromatic carbocycles. The van der Waals surface area contributed by atoms with E-state index in [0.717, 1.165) is 19.3 Å². The second-order valence-corrected chi connectivity index (χ2v) is 4.95. The molecule has 2 amide bonds. The van der Waals surface area contributed by atoms with Crippen molar-refractivity contribution in [2.24, 2.45) is 0 Å². The van der Waals surface area contributed by atoms with E-state index in [0.29, 0.717) is 6.04 Å². The smallest absolute Gasteiger partial charge is 0.315 e. The van der Waals surface area contributed by atoms with Crippen LogP contribution in [0.5, 0.6) is 0 Å². The first kappa shape index (κ1) is 14.3. The molecule has 4 heteroatoms. The lowest BCUT2D eigenvalue weighted by Crippen LogP contribution is -2.47. The molecule has 0 aromatic rings. The van der Waals surface area contributed by atoms with Gasteiger partial charge in [-0.15, -0.1) is 0 Å². The van der Waals surface area contributed by atoms with Crippen molar-refractivity contribution in [3.05, 3.63) is 0 Å². The van der Waals surface area contributed by atoms with Gasteiger partial charge >= 0.3 is 6.03 Å². The fraction of sp³-hybridized carbons (Fsp3) is 0.923. The summed E-state index contributed by atoms with van der Waals surface area (Å²) < 4.78 is 0. The number of nitrogens with one attached hydrogen (secondary N) is 2. The average molecular weight is 242 g/mol. The molecule has 0 aliphatic heterocycles. The Morgan fingerprint density at radius 2 is 1.82 bits per heavy atom. The van der Waals surface area contributed by atoms with Crippen LogP contribution >= 0.6 is 0 Å². The predicted molar refractivity (Wildman–Crippen MR) is 68.9 cm³/mol. The standard InChI is InChI=1S/C13H26N2O2/c1-2-11(10-16)14-13(17)15-12-8-6-4-3-5-7-9-12/h11-12,16H,2-10H2,1H3,(H2,14,15,17)/t11-/m0/s1. The van der Waals surface area contributed by atoms with Gasteiger partial charge in [0, 0.05) is 6.04 Å². The Hall–Kier alpha value is -0.770. The van der Waals surface area contributed by atoms with Crippen LogP contribution in [0.4, 0.5) is 4.79 Å². The van der Waals surface area contributed by atoms with E-state index in [4.69, 9.17) is 5.11 Å². The number of amides is 2. The third-order valence-electron chi connectivity index (χ3n) is 3.49. The Kier molecular flexibility index (Phi) is 7.01. The molecule has 1 rings (SSSR count). The average Bonchev–Trinajstić information content (AvgIpc) is 2.29. The van der Waals surface area contributed by atoms with Crippen LogP contribution < -0.4 is 10.6 Å². The van der Waals surface area contributed by atoms with Crippen molar-refractivity contribution in [3.63, 3.8) is 0 Å². The lowest BCUT2D eigenvalue weighted by Gasteiger charge is -2.23. The molecule has 0 spiro atoms. The van der Waals surface area contributed by atoms with Crippen LogP contribution in [0.25, 0.3) is 0 Å². The van der Waals surface area contributed by atoms with Crippen molar-refractivity contribution in [1.29, 1.82) is 0 Å². The normalized spacial score (nSPS) is 20.1. The largest absolute Gasteiger partial charge is 0.394 e. The Bertz CT molecular complexity index is 209. The lowest BCUT2D eigenvalue weighted by molar-refractivity contribution is 0.210. The third-order valence-corrected chi connectivity index (χ3v) is 3.49. The van der Waals surface area contributed by atoms with Gasteiger partial charge in [-0.1, -0.05) is 39.0 Å². The van der Waals surface area contributed by atoms with Crippen LogP contribution in [0, 0.1) is 0 Å². The van der Waals surface area contributed by atoms with Crippen molar-refractivity contribution in [3.8, 4) is 0 Å². The number of hydrogen-bond donors (Lipinski definition) is 3. The second-order valence-electron chi connectivity index (χ2n) is 4.95. The zero-order valence-electron chi connectivity index (χ0n) is 10.9. The highest BCUT2D eigenvalue weighted by Crippen LogP contribution is 2.16. The molecule has 3 N–H and O–H groups in total. The first-order valence-electron chi connectivity index (χ1n) is 6.94. The van der Waals surface area contributed by atoms with Crippen LogP contribution in [-0.4, -0.2) is 29.8 Å². The molecule has 100 valence electrons. The molecule has 1 atom stereocenters. The number of aliphatic hydroxyl groups is 1. The summed E-state index contributed by atoms with van der Waals surface area (Å²) in [5.41, 5.74) is 0. The molecule has 17 heavy (non-hydrogen) atoms. The van der Waals surface area contributed by atoms with Crippen LogP contribution in [-0.2, 0) is 0 Å². The number of aliphatic hydroxyl groups excluding tert-OH is 1. The van der Waals surface area contributed by atoms with Crippen LogP contribution in [0.15, 0.2) is 0 Å². The maximum atomic E-state index is 11.7. The zero-order valence-corrected chi connectivity index (χ0v) is 10.9. The van der Waals surface area contributed by atoms with Crippen molar-refractivity contribution in [2.45, 2.75) is 70.4 Å². The molecule has 0 heterocycles. The first-order chi connectivity index (χ1) is 8.26. The van der Waals surface area contributed by atoms with Crippen molar-refractivity contribution < 1.29 is 9.90 Å². The van der Waals surface area contributed by atoms with Crippen molar-refractivity contribution >= 4 is 6.03 Å². The molecule has 1 aliphatic rings. The summed E-state index contributed by atoms with van der Waals surface area (Å²) in [6.07, 6.45) is 9.26. The molecule has 0 saturated heterocycles. The molecule has 0 unspecified atom stereocenters. The van der Waals surface area contributed by atoms with Gasteiger partial charge in [0.25, 0.3) is 0 Å². The number of hydrogen-bond acceptors (Lipinski definition) is 2. The van der Waals surface area contributed by atoms with Crippen molar-refractivity contribution in [1.82, 2.24) is 10.6 Å². The highest BCUT2D eigenvalue weighted by molar-refractivity contribution is 5.74. The van der Waals surface area contributed by atoms with Gasteiger partial charge in [0.05, 0.1) is 12.6 Å². The van der Waals surface area contributed by atoms with E-state index in [2.05, 4.69) is 10.6 Å². The summed E-state index contributed by atoms with van der Waals surface area (Å²) in [7, 11) is 0. The van der Waals surface area contributed by atoms with E-state index < -0.39 is 0 Å². The summed E-state index contributed by atoms with van der Waals surface area (Å²) in [4.78, 5) is 11.7. The lowest BCUT2D eigenvalue weighted by atomic mass is 9.97. The van der Waals surface area contributed by atoms with Crippen LogP contribution in [0.1, 0.15) is 58.3 Å². The first-order valence-corrected chi connectivity index (χ1v) is 6.94. The van der Waals surface area contributed by atoms with Gasteiger partial charge in [-0.2, -0.15) is 0 Å². The Morgan fingerprint density at radius 1 is 1.24 bits per heavy atom. The number of carbonyl (C=O) groups excluding carboxylic acids is 1. The van der Waals surface area contributed by atoms with E-state index >= 15 is 0 Å². The maximum Gasteiger partial charge on any atom is 0.315 e. The van der Waals surface area contributed by atoms with Gasteiger partial charge in [0.15, 0.2) is 0 Å². The Labute approximate surface area is 104 Å². The van der Waals surface area contributed by atoms with Crippen molar-refractivity contribution in [2.75, 3.05) is 6.61 Å². The van der Waals surface area contributed by atoms with E-state index in [1.807, 2.05) is 6.92 Å². The van der Waals surface area contributed by atoms with Gasteiger partial charge in [-0.05, 0) is 19.3 Å². The maximum absolute atomic E-state index is 11.7. The third kappa shape index (κ3) is 5.91. The second kappa shape index (κ2) is 8.34. The summed E-state index contributed by atoms with van der Waals surface area (Å²) in [6.45, 7) is 1.96. The highest BCUT2D eigenvalue weighted by Gasteiger charge is 2.15. The highest BCUT2D eigenvalue weighted by atomic mass is 16.3. The van der Waals surface area contributed by atoms with Crippen LogP contribution in [0.3, 0.4) is 0 Å². The molecule has 0 radical (unpaired) electrons. The van der Waals surface area contributed by atoms with Gasteiger partial charge in [0.2, 0.25) is 0 Å². The molecule has 0 aromatic heterocycles. The SMILES string of the molecule is CC[C@@H](CO)NC(=O)NC1CCCCCCC1. The summed E-state index contributed by atoms with van der Waals surface area (Å²) in [5.74, 6) is 0. The number of carbonyl (C=O) groups is 1. The summed E-state index contributed by atoms with van der Waals surface area (Å²) >= 11 is 0. The molecule has 0 bridgehead atoms. The van der Waals surface area contributed by atoms with E-state index in [-0.39, 0.29) is 18.7 Å². The van der Waals surface area contributed by atoms with Gasteiger partial charge in [-0.25, -0.2) is 4.79 Å². The minimum absolute atomic E-state index is 0.00852. The van der Waals surface area contributed by atoms with E-state index in [1.54, 1.807) is 0 Å². The molecular weight excluding hydrogens is 216 g/mol. The van der Waals surface area contributed by atoms with E-state index in [9.17, 15) is 4.79 Å². The quantitative estimate of drug-likeness (QED) is 0.707. The predicted octanol–water partition coefficient (Wildman–Crippen LogP) is 2.17. The fourth-order valence-electron chi connectivity index (χ4n) is 2.29. The summed E-state index contributed by atoms with van der Waals surface area (Å²) in [6, 6.07) is 0.0616. The monoisotopic (exact) mass is 242 g/mol. The number of rotatable bonds is 4. The van der Waals surface area contributed by atoms with E-state index in [1.165, 1.54) is 32.1 Å². The minimum Gasteiger partial charge on any atom is -0.394 e.